The molecule has 1 aliphatic carbocycles. The fraction of sp³-hybridized carbons (Fsp3) is 0.667. The summed E-state index contributed by atoms with van der Waals surface area (Å²) in [6.07, 6.45) is 7.03. The molecule has 2 aliphatic rings. The Labute approximate surface area is 138 Å². The van der Waals surface area contributed by atoms with E-state index in [1.54, 1.807) is 12.4 Å². The molecule has 0 radical (unpaired) electrons. The molecule has 7 heteroatoms. The molecule has 1 amide bonds. The van der Waals surface area contributed by atoms with E-state index in [1.165, 1.54) is 6.42 Å². The topological polar surface area (TPSA) is 69.6 Å². The summed E-state index contributed by atoms with van der Waals surface area (Å²) in [4.78, 5) is 24.9. The highest BCUT2D eigenvalue weighted by atomic mass is 79.9. The van der Waals surface area contributed by atoms with Crippen molar-refractivity contribution in [1.82, 2.24) is 14.9 Å². The Morgan fingerprint density at radius 2 is 2.05 bits per heavy atom. The molecule has 0 spiro atoms. The number of aliphatic hydroxyl groups is 1. The van der Waals surface area contributed by atoms with Crippen LogP contribution in [0.5, 0.6) is 0 Å². The first-order valence-electron chi connectivity index (χ1n) is 7.74. The lowest BCUT2D eigenvalue weighted by molar-refractivity contribution is -0.142. The second-order valence-corrected chi connectivity index (χ2v) is 7.09. The van der Waals surface area contributed by atoms with E-state index < -0.39 is 6.61 Å². The van der Waals surface area contributed by atoms with Crippen molar-refractivity contribution in [1.29, 1.82) is 0 Å². The molecule has 120 valence electrons. The molecule has 1 saturated carbocycles. The fourth-order valence-electron chi connectivity index (χ4n) is 3.47. The van der Waals surface area contributed by atoms with Crippen molar-refractivity contribution in [2.75, 3.05) is 24.6 Å². The lowest BCUT2D eigenvalue weighted by Crippen LogP contribution is -2.63. The zero-order chi connectivity index (χ0) is 15.7. The summed E-state index contributed by atoms with van der Waals surface area (Å²) in [5, 5.41) is 9.27. The monoisotopic (exact) mass is 368 g/mol. The lowest BCUT2D eigenvalue weighted by Gasteiger charge is -2.50. The number of anilines is 1. The third-order valence-corrected chi connectivity index (χ3v) is 5.14. The summed E-state index contributed by atoms with van der Waals surface area (Å²) in [6, 6.07) is 0.190. The van der Waals surface area contributed by atoms with Crippen LogP contribution in [0.4, 0.5) is 5.95 Å². The van der Waals surface area contributed by atoms with Crippen LogP contribution in [-0.4, -0.2) is 57.7 Å². The number of halogens is 1. The van der Waals surface area contributed by atoms with Crippen LogP contribution in [0.15, 0.2) is 16.9 Å². The Hall–Kier alpha value is -1.21. The van der Waals surface area contributed by atoms with Gasteiger partial charge in [-0.25, -0.2) is 9.97 Å². The third-order valence-electron chi connectivity index (χ3n) is 4.73. The Morgan fingerprint density at radius 3 is 2.59 bits per heavy atom. The zero-order valence-corrected chi connectivity index (χ0v) is 14.2. The summed E-state index contributed by atoms with van der Waals surface area (Å²) in [5.41, 5.74) is 0. The number of aromatic nitrogens is 2. The van der Waals surface area contributed by atoms with Crippen molar-refractivity contribution >= 4 is 27.8 Å². The maximum absolute atomic E-state index is 12.1. The number of piperazine rings is 1. The quantitative estimate of drug-likeness (QED) is 0.873. The molecule has 22 heavy (non-hydrogen) atoms. The Morgan fingerprint density at radius 1 is 1.36 bits per heavy atom. The number of carbonyl (C=O) groups excluding carboxylic acids is 1. The largest absolute Gasteiger partial charge is 0.387 e. The van der Waals surface area contributed by atoms with Crippen LogP contribution in [0.2, 0.25) is 0 Å². The van der Waals surface area contributed by atoms with Crippen LogP contribution < -0.4 is 4.90 Å². The maximum atomic E-state index is 12.1. The molecule has 2 heterocycles. The van der Waals surface area contributed by atoms with E-state index in [4.69, 9.17) is 0 Å². The second-order valence-electron chi connectivity index (χ2n) is 6.17. The molecule has 0 bridgehead atoms. The first-order valence-corrected chi connectivity index (χ1v) is 8.54. The fourth-order valence-corrected chi connectivity index (χ4v) is 3.67. The van der Waals surface area contributed by atoms with Gasteiger partial charge in [0, 0.05) is 31.5 Å². The van der Waals surface area contributed by atoms with Crippen LogP contribution in [0.3, 0.4) is 0 Å². The molecule has 1 N–H and O–H groups in total. The number of aliphatic hydroxyl groups excluding tert-OH is 1. The Bertz CT molecular complexity index is 535. The van der Waals surface area contributed by atoms with E-state index in [2.05, 4.69) is 30.8 Å². The van der Waals surface area contributed by atoms with E-state index in [9.17, 15) is 9.90 Å². The Kier molecular flexibility index (Phi) is 4.63. The number of nitrogens with zero attached hydrogens (tertiary/aromatic N) is 4. The van der Waals surface area contributed by atoms with Gasteiger partial charge in [-0.15, -0.1) is 0 Å². The molecule has 1 saturated heterocycles. The van der Waals surface area contributed by atoms with E-state index in [0.717, 1.165) is 23.9 Å². The number of rotatable bonds is 3. The first-order chi connectivity index (χ1) is 10.6. The van der Waals surface area contributed by atoms with Gasteiger partial charge in [-0.05, 0) is 41.6 Å². The molecule has 1 aromatic heterocycles. The van der Waals surface area contributed by atoms with Gasteiger partial charge in [-0.2, -0.15) is 0 Å². The number of hydrogen-bond donors (Lipinski definition) is 1. The lowest BCUT2D eigenvalue weighted by atomic mass is 9.77. The molecule has 1 unspecified atom stereocenters. The predicted octanol–water partition coefficient (Wildman–Crippen LogP) is 1.44. The molecular formula is C15H21BrN4O2. The summed E-state index contributed by atoms with van der Waals surface area (Å²) >= 11 is 3.35. The molecular weight excluding hydrogens is 348 g/mol. The van der Waals surface area contributed by atoms with Crippen LogP contribution in [0, 0.1) is 5.92 Å². The van der Waals surface area contributed by atoms with Crippen molar-refractivity contribution in [2.24, 2.45) is 5.92 Å². The van der Waals surface area contributed by atoms with E-state index >= 15 is 0 Å². The van der Waals surface area contributed by atoms with Gasteiger partial charge in [0.15, 0.2) is 0 Å². The van der Waals surface area contributed by atoms with Crippen LogP contribution >= 0.6 is 15.9 Å². The second kappa shape index (κ2) is 6.50. The average molecular weight is 369 g/mol. The predicted molar refractivity (Wildman–Crippen MR) is 86.5 cm³/mol. The van der Waals surface area contributed by atoms with Crippen molar-refractivity contribution < 1.29 is 9.90 Å². The van der Waals surface area contributed by atoms with Crippen LogP contribution in [-0.2, 0) is 4.79 Å². The number of carbonyl (C=O) groups is 1. The summed E-state index contributed by atoms with van der Waals surface area (Å²) in [6.45, 7) is 3.05. The van der Waals surface area contributed by atoms with Gasteiger partial charge < -0.3 is 14.9 Å². The van der Waals surface area contributed by atoms with Crippen LogP contribution in [0.1, 0.15) is 26.2 Å². The van der Waals surface area contributed by atoms with Crippen molar-refractivity contribution in [3.8, 4) is 0 Å². The van der Waals surface area contributed by atoms with Crippen molar-refractivity contribution in [2.45, 2.75) is 38.3 Å². The molecule has 1 aliphatic heterocycles. The van der Waals surface area contributed by atoms with E-state index in [0.29, 0.717) is 18.4 Å². The minimum atomic E-state index is -0.414. The molecule has 6 nitrogen and oxygen atoms in total. The minimum Gasteiger partial charge on any atom is -0.387 e. The van der Waals surface area contributed by atoms with Gasteiger partial charge in [0.1, 0.15) is 6.61 Å². The summed E-state index contributed by atoms with van der Waals surface area (Å²) in [5.74, 6) is 1.06. The maximum Gasteiger partial charge on any atom is 0.248 e. The third kappa shape index (κ3) is 2.96. The average Bonchev–Trinajstić information content (AvgIpc) is 2.45. The molecule has 2 atom stereocenters. The Balaban J connectivity index is 1.82. The first kappa shape index (κ1) is 15.7. The number of amides is 1. The smallest absolute Gasteiger partial charge is 0.248 e. The SMILES string of the molecule is C[C@@H]1CN(c2ncc(Br)cn2)CC(C2CCC2)N1C(=O)CO. The highest BCUT2D eigenvalue weighted by Crippen LogP contribution is 2.36. The summed E-state index contributed by atoms with van der Waals surface area (Å²) in [7, 11) is 0. The molecule has 0 aromatic carbocycles. The standard InChI is InChI=1S/C15H21BrN4O2/c1-10-7-19(15-17-5-12(16)6-18-15)8-13(11-3-2-4-11)20(10)14(22)9-21/h5-6,10-11,13,21H,2-4,7-9H2,1H3/t10-,13?/m1/s1. The number of hydrogen-bond acceptors (Lipinski definition) is 5. The van der Waals surface area contributed by atoms with Gasteiger partial charge >= 0.3 is 0 Å². The van der Waals surface area contributed by atoms with Gasteiger partial charge in [0.2, 0.25) is 11.9 Å². The minimum absolute atomic E-state index is 0.0475. The normalized spacial score (nSPS) is 26.0. The molecule has 1 aromatic rings. The van der Waals surface area contributed by atoms with Crippen LogP contribution in [0.25, 0.3) is 0 Å². The van der Waals surface area contributed by atoms with E-state index in [1.807, 2.05) is 11.8 Å². The molecule has 3 rings (SSSR count). The van der Waals surface area contributed by atoms with Gasteiger partial charge in [-0.1, -0.05) is 6.42 Å². The highest BCUT2D eigenvalue weighted by molar-refractivity contribution is 9.10. The zero-order valence-electron chi connectivity index (χ0n) is 12.7. The van der Waals surface area contributed by atoms with Gasteiger partial charge in [-0.3, -0.25) is 4.79 Å². The molecule has 2 fully saturated rings. The van der Waals surface area contributed by atoms with Gasteiger partial charge in [0.05, 0.1) is 10.5 Å². The van der Waals surface area contributed by atoms with Gasteiger partial charge in [0.25, 0.3) is 0 Å². The summed E-state index contributed by atoms with van der Waals surface area (Å²) < 4.78 is 0.855. The van der Waals surface area contributed by atoms with Crippen molar-refractivity contribution in [3.05, 3.63) is 16.9 Å². The van der Waals surface area contributed by atoms with Crippen molar-refractivity contribution in [3.63, 3.8) is 0 Å². The highest BCUT2D eigenvalue weighted by Gasteiger charge is 2.41. The van der Waals surface area contributed by atoms with E-state index in [-0.39, 0.29) is 18.0 Å².